The molecule has 0 aromatic carbocycles. The molecule has 0 aliphatic carbocycles. The molecule has 1 aromatic heterocycles. The number of piperidine rings is 1. The summed E-state index contributed by atoms with van der Waals surface area (Å²) in [6.45, 7) is 8.32. The minimum absolute atomic E-state index is 0.0339. The van der Waals surface area contributed by atoms with Crippen molar-refractivity contribution < 1.29 is 4.92 Å². The van der Waals surface area contributed by atoms with E-state index in [0.29, 0.717) is 23.4 Å². The Hall–Kier alpha value is -1.92. The number of nitrogens with one attached hydrogen (secondary N) is 1. The number of anilines is 2. The molecule has 1 aliphatic heterocycles. The molecule has 116 valence electrons. The fraction of sp³-hybridized carbons (Fsp3) is 0.714. The smallest absolute Gasteiger partial charge is 0.332 e. The molecule has 21 heavy (non-hydrogen) atoms. The van der Waals surface area contributed by atoms with Crippen LogP contribution >= 0.6 is 0 Å². The Bertz CT molecular complexity index is 512. The van der Waals surface area contributed by atoms with Crippen LogP contribution in [0.15, 0.2) is 0 Å². The summed E-state index contributed by atoms with van der Waals surface area (Å²) in [5, 5.41) is 14.5. The van der Waals surface area contributed by atoms with E-state index in [1.165, 1.54) is 0 Å². The molecule has 1 aliphatic rings. The van der Waals surface area contributed by atoms with Crippen LogP contribution in [0, 0.1) is 23.0 Å². The van der Waals surface area contributed by atoms with Crippen molar-refractivity contribution in [2.45, 2.75) is 40.0 Å². The van der Waals surface area contributed by atoms with Crippen molar-refractivity contribution in [3.8, 4) is 0 Å². The van der Waals surface area contributed by atoms with Crippen LogP contribution in [0.5, 0.6) is 0 Å². The first kappa shape index (κ1) is 15.5. The average Bonchev–Trinajstić information content (AvgIpc) is 2.44. The highest BCUT2D eigenvalue weighted by Crippen LogP contribution is 2.32. The van der Waals surface area contributed by atoms with Crippen molar-refractivity contribution in [1.82, 2.24) is 9.97 Å². The lowest BCUT2D eigenvalue weighted by molar-refractivity contribution is -0.385. The van der Waals surface area contributed by atoms with E-state index in [2.05, 4.69) is 29.1 Å². The first-order valence-corrected chi connectivity index (χ1v) is 7.54. The second-order valence-electron chi connectivity index (χ2n) is 5.66. The SMILES string of the molecule is CCCNc1nc(C)c([N+](=O)[O-])c(N2CCC(C)CC2)n1. The molecule has 0 spiro atoms. The van der Waals surface area contributed by atoms with Gasteiger partial charge in [-0.2, -0.15) is 4.98 Å². The molecule has 0 saturated carbocycles. The third-order valence-corrected chi connectivity index (χ3v) is 3.84. The largest absolute Gasteiger partial charge is 0.354 e. The summed E-state index contributed by atoms with van der Waals surface area (Å²) in [5.41, 5.74) is 0.453. The summed E-state index contributed by atoms with van der Waals surface area (Å²) in [6, 6.07) is 0. The van der Waals surface area contributed by atoms with Crippen molar-refractivity contribution in [2.24, 2.45) is 5.92 Å². The highest BCUT2D eigenvalue weighted by molar-refractivity contribution is 5.62. The van der Waals surface area contributed by atoms with Crippen LogP contribution in [-0.2, 0) is 0 Å². The minimum atomic E-state index is -0.369. The molecular weight excluding hydrogens is 270 g/mol. The Morgan fingerprint density at radius 3 is 2.62 bits per heavy atom. The van der Waals surface area contributed by atoms with Crippen molar-refractivity contribution >= 4 is 17.5 Å². The van der Waals surface area contributed by atoms with Gasteiger partial charge in [-0.3, -0.25) is 10.1 Å². The van der Waals surface area contributed by atoms with Crippen molar-refractivity contribution in [2.75, 3.05) is 29.9 Å². The fourth-order valence-electron chi connectivity index (χ4n) is 2.52. The third-order valence-electron chi connectivity index (χ3n) is 3.84. The number of aromatic nitrogens is 2. The summed E-state index contributed by atoms with van der Waals surface area (Å²) in [6.07, 6.45) is 3.03. The van der Waals surface area contributed by atoms with Crippen molar-refractivity contribution in [1.29, 1.82) is 0 Å². The molecule has 1 N–H and O–H groups in total. The number of hydrogen-bond acceptors (Lipinski definition) is 6. The molecule has 1 aromatic rings. The van der Waals surface area contributed by atoms with Gasteiger partial charge in [-0.1, -0.05) is 13.8 Å². The number of nitrogens with zero attached hydrogens (tertiary/aromatic N) is 4. The van der Waals surface area contributed by atoms with Crippen LogP contribution in [0.1, 0.15) is 38.8 Å². The normalized spacial score (nSPS) is 16.0. The number of nitro groups is 1. The summed E-state index contributed by atoms with van der Waals surface area (Å²) in [4.78, 5) is 21.6. The van der Waals surface area contributed by atoms with Gasteiger partial charge in [0.15, 0.2) is 0 Å². The maximum atomic E-state index is 11.4. The van der Waals surface area contributed by atoms with Gasteiger partial charge >= 0.3 is 5.69 Å². The predicted octanol–water partition coefficient (Wildman–Crippen LogP) is 2.75. The predicted molar refractivity (Wildman–Crippen MR) is 82.8 cm³/mol. The second kappa shape index (κ2) is 6.69. The fourth-order valence-corrected chi connectivity index (χ4v) is 2.52. The molecule has 7 nitrogen and oxygen atoms in total. The van der Waals surface area contributed by atoms with Gasteiger partial charge in [-0.05, 0) is 32.1 Å². The van der Waals surface area contributed by atoms with Crippen LogP contribution in [0.3, 0.4) is 0 Å². The zero-order chi connectivity index (χ0) is 15.4. The van der Waals surface area contributed by atoms with E-state index in [9.17, 15) is 10.1 Å². The quantitative estimate of drug-likeness (QED) is 0.663. The first-order valence-electron chi connectivity index (χ1n) is 7.54. The molecule has 0 bridgehead atoms. The van der Waals surface area contributed by atoms with Crippen LogP contribution in [0.4, 0.5) is 17.5 Å². The van der Waals surface area contributed by atoms with Gasteiger partial charge in [0, 0.05) is 19.6 Å². The maximum Gasteiger partial charge on any atom is 0.332 e. The summed E-state index contributed by atoms with van der Waals surface area (Å²) < 4.78 is 0. The minimum Gasteiger partial charge on any atom is -0.354 e. The van der Waals surface area contributed by atoms with Gasteiger partial charge in [0.2, 0.25) is 11.8 Å². The summed E-state index contributed by atoms with van der Waals surface area (Å²) in [7, 11) is 0. The molecule has 7 heteroatoms. The molecule has 0 amide bonds. The van der Waals surface area contributed by atoms with Crippen LogP contribution in [0.25, 0.3) is 0 Å². The zero-order valence-electron chi connectivity index (χ0n) is 12.9. The van der Waals surface area contributed by atoms with Gasteiger partial charge < -0.3 is 10.2 Å². The molecule has 1 saturated heterocycles. The van der Waals surface area contributed by atoms with E-state index in [4.69, 9.17) is 0 Å². The molecule has 0 unspecified atom stereocenters. The van der Waals surface area contributed by atoms with Crippen LogP contribution in [0.2, 0.25) is 0 Å². The van der Waals surface area contributed by atoms with Gasteiger partial charge in [-0.15, -0.1) is 0 Å². The van der Waals surface area contributed by atoms with Crippen molar-refractivity contribution in [3.05, 3.63) is 15.8 Å². The number of rotatable bonds is 5. The first-order chi connectivity index (χ1) is 10.0. The topological polar surface area (TPSA) is 84.2 Å². The highest BCUT2D eigenvalue weighted by atomic mass is 16.6. The Morgan fingerprint density at radius 2 is 2.05 bits per heavy atom. The molecule has 2 rings (SSSR count). The van der Waals surface area contributed by atoms with Gasteiger partial charge in [0.25, 0.3) is 0 Å². The van der Waals surface area contributed by atoms with Gasteiger partial charge in [-0.25, -0.2) is 4.98 Å². The van der Waals surface area contributed by atoms with E-state index in [-0.39, 0.29) is 10.6 Å². The molecule has 0 atom stereocenters. The van der Waals surface area contributed by atoms with E-state index >= 15 is 0 Å². The van der Waals surface area contributed by atoms with Crippen molar-refractivity contribution in [3.63, 3.8) is 0 Å². The Kier molecular flexibility index (Phi) is 4.93. The number of hydrogen-bond donors (Lipinski definition) is 1. The summed E-state index contributed by atoms with van der Waals surface area (Å²) >= 11 is 0. The lowest BCUT2D eigenvalue weighted by atomic mass is 9.99. The zero-order valence-corrected chi connectivity index (χ0v) is 12.9. The third kappa shape index (κ3) is 3.59. The standard InChI is InChI=1S/C14H23N5O2/c1-4-7-15-14-16-11(3)12(19(20)21)13(17-14)18-8-5-10(2)6-9-18/h10H,4-9H2,1-3H3,(H,15,16,17). The monoisotopic (exact) mass is 293 g/mol. The Morgan fingerprint density at radius 1 is 1.38 bits per heavy atom. The second-order valence-corrected chi connectivity index (χ2v) is 5.66. The molecule has 2 heterocycles. The molecule has 1 fully saturated rings. The maximum absolute atomic E-state index is 11.4. The summed E-state index contributed by atoms with van der Waals surface area (Å²) in [5.74, 6) is 1.60. The van der Waals surface area contributed by atoms with E-state index in [0.717, 1.165) is 38.9 Å². The number of aryl methyl sites for hydroxylation is 1. The highest BCUT2D eigenvalue weighted by Gasteiger charge is 2.28. The van der Waals surface area contributed by atoms with E-state index in [1.807, 2.05) is 4.90 Å². The average molecular weight is 293 g/mol. The molecule has 0 radical (unpaired) electrons. The van der Waals surface area contributed by atoms with Gasteiger partial charge in [0.1, 0.15) is 5.69 Å². The lowest BCUT2D eigenvalue weighted by Crippen LogP contribution is -2.34. The Balaban J connectivity index is 2.35. The lowest BCUT2D eigenvalue weighted by Gasteiger charge is -2.31. The van der Waals surface area contributed by atoms with E-state index < -0.39 is 0 Å². The molecular formula is C14H23N5O2. The van der Waals surface area contributed by atoms with E-state index in [1.54, 1.807) is 6.92 Å². The van der Waals surface area contributed by atoms with Crippen LogP contribution in [-0.4, -0.2) is 34.5 Å². The van der Waals surface area contributed by atoms with Crippen LogP contribution < -0.4 is 10.2 Å². The van der Waals surface area contributed by atoms with Gasteiger partial charge in [0.05, 0.1) is 4.92 Å². The Labute approximate surface area is 124 Å².